The number of carbonyl (C=O) groups excluding carboxylic acids is 2. The molecule has 0 radical (unpaired) electrons. The number of benzene rings is 1. The number of nitrogens with zero attached hydrogens (tertiary/aromatic N) is 1. The summed E-state index contributed by atoms with van der Waals surface area (Å²) >= 11 is 0. The Bertz CT molecular complexity index is 693. The second-order valence-corrected chi connectivity index (χ2v) is 6.40. The van der Waals surface area contributed by atoms with Gasteiger partial charge in [0.05, 0.1) is 23.1 Å². The molecule has 0 spiro atoms. The molecule has 1 saturated carbocycles. The molecule has 2 fully saturated rings. The number of halogens is 3. The van der Waals surface area contributed by atoms with Gasteiger partial charge in [0.2, 0.25) is 11.8 Å². The van der Waals surface area contributed by atoms with Crippen molar-refractivity contribution < 1.29 is 22.8 Å². The zero-order chi connectivity index (χ0) is 16.4. The number of alkyl halides is 3. The molecule has 4 aliphatic rings. The second-order valence-electron chi connectivity index (χ2n) is 6.40. The van der Waals surface area contributed by atoms with Crippen molar-refractivity contribution in [2.45, 2.75) is 19.0 Å². The van der Waals surface area contributed by atoms with Crippen LogP contribution in [-0.2, 0) is 15.8 Å². The molecule has 2 amide bonds. The van der Waals surface area contributed by atoms with Crippen molar-refractivity contribution in [1.82, 2.24) is 0 Å². The number of allylic oxidation sites excluding steroid dienone is 2. The van der Waals surface area contributed by atoms with Crippen LogP contribution in [0.4, 0.5) is 18.9 Å². The van der Waals surface area contributed by atoms with Crippen molar-refractivity contribution in [3.05, 3.63) is 42.0 Å². The molecule has 2 bridgehead atoms. The lowest BCUT2D eigenvalue weighted by atomic mass is 9.63. The number of fused-ring (bicyclic) bond motifs is 1. The van der Waals surface area contributed by atoms with E-state index in [0.717, 1.165) is 29.9 Å². The zero-order valence-corrected chi connectivity index (χ0v) is 12.1. The molecule has 0 aromatic heterocycles. The summed E-state index contributed by atoms with van der Waals surface area (Å²) in [5, 5.41) is 0. The van der Waals surface area contributed by atoms with E-state index in [-0.39, 0.29) is 29.3 Å². The minimum Gasteiger partial charge on any atom is -0.274 e. The Morgan fingerprint density at radius 2 is 1.52 bits per heavy atom. The fourth-order valence-corrected chi connectivity index (χ4v) is 4.15. The number of carbonyl (C=O) groups is 2. The molecule has 23 heavy (non-hydrogen) atoms. The second kappa shape index (κ2) is 4.69. The van der Waals surface area contributed by atoms with Crippen LogP contribution in [0, 0.1) is 23.7 Å². The van der Waals surface area contributed by atoms with Gasteiger partial charge in [0.25, 0.3) is 0 Å². The maximum Gasteiger partial charge on any atom is 0.416 e. The predicted molar refractivity (Wildman–Crippen MR) is 76.3 cm³/mol. The first-order chi connectivity index (χ1) is 10.9. The number of imide groups is 1. The third kappa shape index (κ3) is 2.04. The highest BCUT2D eigenvalue weighted by atomic mass is 19.4. The lowest BCUT2D eigenvalue weighted by Crippen LogP contribution is -2.38. The molecule has 0 N–H and O–H groups in total. The topological polar surface area (TPSA) is 37.4 Å². The van der Waals surface area contributed by atoms with Crippen LogP contribution >= 0.6 is 0 Å². The number of rotatable bonds is 1. The van der Waals surface area contributed by atoms with Gasteiger partial charge < -0.3 is 0 Å². The van der Waals surface area contributed by atoms with E-state index < -0.39 is 23.6 Å². The van der Waals surface area contributed by atoms with Crippen molar-refractivity contribution in [3.8, 4) is 0 Å². The Labute approximate surface area is 130 Å². The molecule has 1 heterocycles. The molecule has 1 saturated heterocycles. The fraction of sp³-hybridized carbons (Fsp3) is 0.412. The number of anilines is 1. The third-order valence-electron chi connectivity index (χ3n) is 5.19. The van der Waals surface area contributed by atoms with Gasteiger partial charge in [0.15, 0.2) is 0 Å². The van der Waals surface area contributed by atoms with E-state index in [2.05, 4.69) is 0 Å². The van der Waals surface area contributed by atoms with E-state index in [1.807, 2.05) is 12.2 Å². The number of hydrogen-bond acceptors (Lipinski definition) is 2. The van der Waals surface area contributed by atoms with Crippen molar-refractivity contribution >= 4 is 17.5 Å². The summed E-state index contributed by atoms with van der Waals surface area (Å²) in [5.74, 6) is -1.51. The molecule has 3 aliphatic carbocycles. The van der Waals surface area contributed by atoms with Crippen molar-refractivity contribution in [2.75, 3.05) is 4.90 Å². The molecule has 1 aliphatic heterocycles. The number of hydrogen-bond donors (Lipinski definition) is 0. The minimum atomic E-state index is -4.50. The molecule has 6 heteroatoms. The Morgan fingerprint density at radius 1 is 0.957 bits per heavy atom. The molecule has 120 valence electrons. The van der Waals surface area contributed by atoms with Crippen LogP contribution in [0.15, 0.2) is 36.4 Å². The average Bonchev–Trinajstić information content (AvgIpc) is 2.81. The largest absolute Gasteiger partial charge is 0.416 e. The maximum absolute atomic E-state index is 12.9. The Morgan fingerprint density at radius 3 is 2.00 bits per heavy atom. The van der Waals surface area contributed by atoms with Gasteiger partial charge in [-0.15, -0.1) is 0 Å². The molecule has 3 nitrogen and oxygen atoms in total. The van der Waals surface area contributed by atoms with E-state index in [1.54, 1.807) is 0 Å². The summed E-state index contributed by atoms with van der Waals surface area (Å²) in [6, 6.07) is 4.43. The van der Waals surface area contributed by atoms with Gasteiger partial charge in [-0.1, -0.05) is 18.2 Å². The van der Waals surface area contributed by atoms with Gasteiger partial charge in [0, 0.05) is 0 Å². The van der Waals surface area contributed by atoms with Gasteiger partial charge >= 0.3 is 6.18 Å². The van der Waals surface area contributed by atoms with Crippen molar-refractivity contribution in [3.63, 3.8) is 0 Å². The van der Waals surface area contributed by atoms with E-state index in [0.29, 0.717) is 0 Å². The van der Waals surface area contributed by atoms with Crippen LogP contribution in [0.3, 0.4) is 0 Å². The van der Waals surface area contributed by atoms with Crippen LogP contribution in [0.5, 0.6) is 0 Å². The molecule has 4 atom stereocenters. The van der Waals surface area contributed by atoms with Crippen LogP contribution in [-0.4, -0.2) is 11.8 Å². The SMILES string of the molecule is O=C1[C@@H]2[C@H](C(=O)N1c1cccc(C(F)(F)F)c1)[C@H]1C=C[C@@H]2CC1. The van der Waals surface area contributed by atoms with Gasteiger partial charge in [-0.2, -0.15) is 13.2 Å². The number of amides is 2. The molecule has 1 aromatic carbocycles. The van der Waals surface area contributed by atoms with Gasteiger partial charge in [0.1, 0.15) is 0 Å². The van der Waals surface area contributed by atoms with Gasteiger partial charge in [-0.25, -0.2) is 0 Å². The highest BCUT2D eigenvalue weighted by Crippen LogP contribution is 2.50. The Balaban J connectivity index is 1.74. The highest BCUT2D eigenvalue weighted by molar-refractivity contribution is 6.22. The Kier molecular flexibility index (Phi) is 2.95. The first-order valence-corrected chi connectivity index (χ1v) is 7.61. The first-order valence-electron chi connectivity index (χ1n) is 7.61. The van der Waals surface area contributed by atoms with Crippen LogP contribution < -0.4 is 4.90 Å². The standard InChI is InChI=1S/C17H14F3NO2/c18-17(19,20)11-2-1-3-12(8-11)21-15(22)13-9-4-5-10(7-6-9)14(13)16(21)23/h1-5,8-10,13-14H,6-7H2/t9-,10+,13+,14-. The van der Waals surface area contributed by atoms with Gasteiger partial charge in [-0.3, -0.25) is 14.5 Å². The van der Waals surface area contributed by atoms with E-state index in [1.165, 1.54) is 12.1 Å². The average molecular weight is 321 g/mol. The van der Waals surface area contributed by atoms with Gasteiger partial charge in [-0.05, 0) is 42.9 Å². The first kappa shape index (κ1) is 14.5. The third-order valence-corrected chi connectivity index (χ3v) is 5.19. The lowest BCUT2D eigenvalue weighted by molar-refractivity contribution is -0.137. The molecular formula is C17H14F3NO2. The summed E-state index contributed by atoms with van der Waals surface area (Å²) in [6.45, 7) is 0. The van der Waals surface area contributed by atoms with Crippen molar-refractivity contribution in [1.29, 1.82) is 0 Å². The summed E-state index contributed by atoms with van der Waals surface area (Å²) < 4.78 is 38.6. The summed E-state index contributed by atoms with van der Waals surface area (Å²) in [7, 11) is 0. The molecule has 0 unspecified atom stereocenters. The predicted octanol–water partition coefficient (Wildman–Crippen LogP) is 3.41. The lowest BCUT2D eigenvalue weighted by Gasteiger charge is -2.38. The zero-order valence-electron chi connectivity index (χ0n) is 12.1. The quantitative estimate of drug-likeness (QED) is 0.587. The summed E-state index contributed by atoms with van der Waals surface area (Å²) in [6.07, 6.45) is 1.18. The maximum atomic E-state index is 12.9. The summed E-state index contributed by atoms with van der Waals surface area (Å²) in [5.41, 5.74) is -0.838. The van der Waals surface area contributed by atoms with E-state index in [4.69, 9.17) is 0 Å². The van der Waals surface area contributed by atoms with Crippen LogP contribution in [0.2, 0.25) is 0 Å². The minimum absolute atomic E-state index is 0.0172. The summed E-state index contributed by atoms with van der Waals surface area (Å²) in [4.78, 5) is 26.3. The fourth-order valence-electron chi connectivity index (χ4n) is 4.15. The molecule has 1 aromatic rings. The molecule has 5 rings (SSSR count). The smallest absolute Gasteiger partial charge is 0.274 e. The van der Waals surface area contributed by atoms with E-state index >= 15 is 0 Å². The Hall–Kier alpha value is -2.11. The monoisotopic (exact) mass is 321 g/mol. The van der Waals surface area contributed by atoms with E-state index in [9.17, 15) is 22.8 Å². The van der Waals surface area contributed by atoms with Crippen LogP contribution in [0.1, 0.15) is 18.4 Å². The van der Waals surface area contributed by atoms with Crippen LogP contribution in [0.25, 0.3) is 0 Å². The van der Waals surface area contributed by atoms with Crippen molar-refractivity contribution in [2.24, 2.45) is 23.7 Å². The molecular weight excluding hydrogens is 307 g/mol. The highest BCUT2D eigenvalue weighted by Gasteiger charge is 2.56. The normalized spacial score (nSPS) is 32.6.